The van der Waals surface area contributed by atoms with Crippen molar-refractivity contribution in [2.45, 2.75) is 13.3 Å². The highest BCUT2D eigenvalue weighted by Crippen LogP contribution is 2.18. The molecule has 0 bridgehead atoms. The number of hydrogen-bond donors (Lipinski definition) is 1. The molecule has 0 saturated carbocycles. The summed E-state index contributed by atoms with van der Waals surface area (Å²) in [4.78, 5) is 12.0. The van der Waals surface area contributed by atoms with Crippen molar-refractivity contribution in [1.82, 2.24) is 10.5 Å². The van der Waals surface area contributed by atoms with Gasteiger partial charge in [0.1, 0.15) is 11.3 Å². The Balaban J connectivity index is 1.61. The Labute approximate surface area is 115 Å². The highest BCUT2D eigenvalue weighted by Gasteiger charge is 2.11. The number of nitrogens with zero attached hydrogens (tertiary/aromatic N) is 1. The summed E-state index contributed by atoms with van der Waals surface area (Å²) in [6, 6.07) is 11.1. The molecular weight excluding hydrogens is 256 g/mol. The predicted octanol–water partition coefficient (Wildman–Crippen LogP) is 2.70. The summed E-state index contributed by atoms with van der Waals surface area (Å²) >= 11 is 0. The van der Waals surface area contributed by atoms with Gasteiger partial charge < -0.3 is 14.3 Å². The van der Waals surface area contributed by atoms with Gasteiger partial charge in [-0.05, 0) is 19.1 Å². The minimum absolute atomic E-state index is 0.225. The first-order valence-corrected chi connectivity index (χ1v) is 6.41. The van der Waals surface area contributed by atoms with E-state index in [9.17, 15) is 4.79 Å². The molecule has 0 spiro atoms. The molecule has 5 heteroatoms. The minimum atomic E-state index is -0.225. The number of aryl methyl sites for hydroxylation is 1. The van der Waals surface area contributed by atoms with Crippen molar-refractivity contribution < 1.29 is 13.7 Å². The van der Waals surface area contributed by atoms with Crippen LogP contribution < -0.4 is 5.32 Å². The molecule has 0 atom stereocenters. The van der Waals surface area contributed by atoms with Gasteiger partial charge in [-0.25, -0.2) is 0 Å². The van der Waals surface area contributed by atoms with E-state index in [0.29, 0.717) is 24.3 Å². The summed E-state index contributed by atoms with van der Waals surface area (Å²) in [6.07, 6.45) is 0.604. The highest BCUT2D eigenvalue weighted by atomic mass is 16.5. The average Bonchev–Trinajstić information content (AvgIpc) is 3.04. The second kappa shape index (κ2) is 5.21. The predicted molar refractivity (Wildman–Crippen MR) is 73.5 cm³/mol. The van der Waals surface area contributed by atoms with Gasteiger partial charge in [-0.15, -0.1) is 0 Å². The number of benzene rings is 1. The number of rotatable bonds is 4. The van der Waals surface area contributed by atoms with Gasteiger partial charge in [-0.3, -0.25) is 4.79 Å². The lowest BCUT2D eigenvalue weighted by molar-refractivity contribution is 0.0928. The normalized spacial score (nSPS) is 10.8. The maximum absolute atomic E-state index is 12.0. The van der Waals surface area contributed by atoms with E-state index < -0.39 is 0 Å². The van der Waals surface area contributed by atoms with Crippen molar-refractivity contribution in [1.29, 1.82) is 0 Å². The monoisotopic (exact) mass is 270 g/mol. The third kappa shape index (κ3) is 2.56. The number of aromatic nitrogens is 1. The molecule has 0 aliphatic heterocycles. The lowest BCUT2D eigenvalue weighted by Gasteiger charge is -2.00. The van der Waals surface area contributed by atoms with Gasteiger partial charge in [0.05, 0.1) is 5.69 Å². The SMILES string of the molecule is Cc1cc(CCNC(=O)c2cc3ccccc3o2)on1. The minimum Gasteiger partial charge on any atom is -0.451 e. The van der Waals surface area contributed by atoms with Gasteiger partial charge in [0.25, 0.3) is 5.91 Å². The van der Waals surface area contributed by atoms with Crippen molar-refractivity contribution >= 4 is 16.9 Å². The molecule has 0 radical (unpaired) electrons. The molecule has 0 fully saturated rings. The Kier molecular flexibility index (Phi) is 3.25. The van der Waals surface area contributed by atoms with Gasteiger partial charge in [0, 0.05) is 24.4 Å². The highest BCUT2D eigenvalue weighted by molar-refractivity contribution is 5.96. The second-order valence-electron chi connectivity index (χ2n) is 4.59. The number of fused-ring (bicyclic) bond motifs is 1. The molecule has 0 aliphatic rings. The van der Waals surface area contributed by atoms with Crippen LogP contribution in [0.3, 0.4) is 0 Å². The van der Waals surface area contributed by atoms with E-state index >= 15 is 0 Å². The molecule has 20 heavy (non-hydrogen) atoms. The third-order valence-electron chi connectivity index (χ3n) is 2.98. The zero-order valence-corrected chi connectivity index (χ0v) is 11.1. The quantitative estimate of drug-likeness (QED) is 0.791. The first-order chi connectivity index (χ1) is 9.72. The van der Waals surface area contributed by atoms with Gasteiger partial charge >= 0.3 is 0 Å². The topological polar surface area (TPSA) is 68.3 Å². The molecular formula is C15H14N2O3. The number of carbonyl (C=O) groups is 1. The Morgan fingerprint density at radius 3 is 2.90 bits per heavy atom. The summed E-state index contributed by atoms with van der Waals surface area (Å²) in [5.74, 6) is 0.852. The van der Waals surface area contributed by atoms with Crippen molar-refractivity contribution in [3.05, 3.63) is 53.6 Å². The van der Waals surface area contributed by atoms with Crippen LogP contribution in [0, 0.1) is 6.92 Å². The number of hydrogen-bond acceptors (Lipinski definition) is 4. The third-order valence-corrected chi connectivity index (χ3v) is 2.98. The summed E-state index contributed by atoms with van der Waals surface area (Å²) in [5.41, 5.74) is 1.55. The number of para-hydroxylation sites is 1. The molecule has 1 amide bonds. The van der Waals surface area contributed by atoms with Gasteiger partial charge in [0.15, 0.2) is 5.76 Å². The maximum Gasteiger partial charge on any atom is 0.287 e. The smallest absolute Gasteiger partial charge is 0.287 e. The first-order valence-electron chi connectivity index (χ1n) is 6.41. The van der Waals surface area contributed by atoms with E-state index in [-0.39, 0.29) is 5.91 Å². The Hall–Kier alpha value is -2.56. The summed E-state index contributed by atoms with van der Waals surface area (Å²) < 4.78 is 10.6. The zero-order valence-electron chi connectivity index (χ0n) is 11.1. The van der Waals surface area contributed by atoms with Crippen molar-refractivity contribution in [3.8, 4) is 0 Å². The van der Waals surface area contributed by atoms with Crippen molar-refractivity contribution in [3.63, 3.8) is 0 Å². The largest absolute Gasteiger partial charge is 0.451 e. The molecule has 2 aromatic heterocycles. The van der Waals surface area contributed by atoms with Gasteiger partial charge in [-0.2, -0.15) is 0 Å². The fourth-order valence-electron chi connectivity index (χ4n) is 2.01. The summed E-state index contributed by atoms with van der Waals surface area (Å²) in [5, 5.41) is 7.51. The summed E-state index contributed by atoms with van der Waals surface area (Å²) in [6.45, 7) is 2.34. The number of carbonyl (C=O) groups excluding carboxylic acids is 1. The molecule has 0 unspecified atom stereocenters. The Morgan fingerprint density at radius 2 is 2.15 bits per heavy atom. The second-order valence-corrected chi connectivity index (χ2v) is 4.59. The molecule has 0 saturated heterocycles. The number of amides is 1. The maximum atomic E-state index is 12.0. The molecule has 0 aliphatic carbocycles. The molecule has 1 N–H and O–H groups in total. The van der Waals surface area contributed by atoms with E-state index in [0.717, 1.165) is 16.8 Å². The van der Waals surface area contributed by atoms with Crippen molar-refractivity contribution in [2.24, 2.45) is 0 Å². The molecule has 102 valence electrons. The molecule has 3 aromatic rings. The lowest BCUT2D eigenvalue weighted by Crippen LogP contribution is -2.25. The Bertz CT molecular complexity index is 709. The van der Waals surface area contributed by atoms with Crippen LogP contribution in [0.5, 0.6) is 0 Å². The number of furan rings is 1. The van der Waals surface area contributed by atoms with Gasteiger partial charge in [0.2, 0.25) is 0 Å². The standard InChI is InChI=1S/C15H14N2O3/c1-10-8-12(20-17-10)6-7-16-15(18)14-9-11-4-2-3-5-13(11)19-14/h2-5,8-9H,6-7H2,1H3,(H,16,18). The average molecular weight is 270 g/mol. The molecule has 2 heterocycles. The van der Waals surface area contributed by atoms with Gasteiger partial charge in [-0.1, -0.05) is 23.4 Å². The number of nitrogens with one attached hydrogen (secondary N) is 1. The molecule has 1 aromatic carbocycles. The van der Waals surface area contributed by atoms with Crippen LogP contribution in [-0.4, -0.2) is 17.6 Å². The van der Waals surface area contributed by atoms with E-state index in [1.807, 2.05) is 37.3 Å². The van der Waals surface area contributed by atoms with Crippen molar-refractivity contribution in [2.75, 3.05) is 6.54 Å². The van der Waals surface area contributed by atoms with Crippen LogP contribution >= 0.6 is 0 Å². The molecule has 3 rings (SSSR count). The van der Waals surface area contributed by atoms with E-state index in [2.05, 4.69) is 10.5 Å². The summed E-state index contributed by atoms with van der Waals surface area (Å²) in [7, 11) is 0. The zero-order chi connectivity index (χ0) is 13.9. The van der Waals surface area contributed by atoms with E-state index in [4.69, 9.17) is 8.94 Å². The van der Waals surface area contributed by atoms with E-state index in [1.54, 1.807) is 6.07 Å². The van der Waals surface area contributed by atoms with Crippen LogP contribution in [-0.2, 0) is 6.42 Å². The molecule has 5 nitrogen and oxygen atoms in total. The van der Waals surface area contributed by atoms with E-state index in [1.165, 1.54) is 0 Å². The first kappa shape index (κ1) is 12.5. The van der Waals surface area contributed by atoms with Crippen LogP contribution in [0.1, 0.15) is 22.0 Å². The van der Waals surface area contributed by atoms with Crippen LogP contribution in [0.25, 0.3) is 11.0 Å². The van der Waals surface area contributed by atoms with Crippen LogP contribution in [0.2, 0.25) is 0 Å². The fraction of sp³-hybridized carbons (Fsp3) is 0.200. The van der Waals surface area contributed by atoms with Crippen LogP contribution in [0.4, 0.5) is 0 Å². The fourth-order valence-corrected chi connectivity index (χ4v) is 2.01. The lowest BCUT2D eigenvalue weighted by atomic mass is 10.2. The van der Waals surface area contributed by atoms with Crippen LogP contribution in [0.15, 0.2) is 45.3 Å². The Morgan fingerprint density at radius 1 is 1.30 bits per heavy atom.